The minimum absolute atomic E-state index is 0.0746. The van der Waals surface area contributed by atoms with Gasteiger partial charge >= 0.3 is 6.18 Å². The average Bonchev–Trinajstić information content (AvgIpc) is 3.50. The van der Waals surface area contributed by atoms with Gasteiger partial charge in [-0.15, -0.1) is 0 Å². The summed E-state index contributed by atoms with van der Waals surface area (Å²) in [5, 5.41) is 0. The molecule has 180 valence electrons. The standard InChI is InChI=1S/C23H24F3N5O3/c1-14-3-5-18-19(27-14)29-21(34-18)31-11-9-30(10-12-31)20(32)16-4-6-17(15(2)28-16)33-13-22(7-8-22)23(24,25)26/h3-6H,7-13H2,1-2H3. The van der Waals surface area contributed by atoms with E-state index in [1.165, 1.54) is 12.1 Å². The average molecular weight is 475 g/mol. The molecule has 0 N–H and O–H groups in total. The highest BCUT2D eigenvalue weighted by atomic mass is 19.4. The van der Waals surface area contributed by atoms with Crippen molar-refractivity contribution in [1.29, 1.82) is 0 Å². The van der Waals surface area contributed by atoms with Crippen LogP contribution in [-0.2, 0) is 0 Å². The zero-order chi connectivity index (χ0) is 24.1. The molecule has 11 heteroatoms. The van der Waals surface area contributed by atoms with Crippen molar-refractivity contribution in [2.45, 2.75) is 32.9 Å². The Bertz CT molecular complexity index is 1230. The fraction of sp³-hybridized carbons (Fsp3) is 0.478. The van der Waals surface area contributed by atoms with Crippen LogP contribution in [0.2, 0.25) is 0 Å². The van der Waals surface area contributed by atoms with Gasteiger partial charge in [-0.05, 0) is 51.0 Å². The van der Waals surface area contributed by atoms with Gasteiger partial charge in [0.15, 0.2) is 5.58 Å². The van der Waals surface area contributed by atoms with Crippen molar-refractivity contribution >= 4 is 23.2 Å². The Kier molecular flexibility index (Phi) is 5.37. The number of carbonyl (C=O) groups excluding carboxylic acids is 1. The number of anilines is 1. The molecule has 1 amide bonds. The minimum atomic E-state index is -4.28. The van der Waals surface area contributed by atoms with Gasteiger partial charge in [-0.2, -0.15) is 18.2 Å². The van der Waals surface area contributed by atoms with Crippen molar-refractivity contribution < 1.29 is 27.1 Å². The van der Waals surface area contributed by atoms with Crippen molar-refractivity contribution in [2.24, 2.45) is 5.41 Å². The molecule has 8 nitrogen and oxygen atoms in total. The number of aromatic nitrogens is 3. The van der Waals surface area contributed by atoms with Crippen LogP contribution in [0.4, 0.5) is 19.2 Å². The number of amides is 1. The molecule has 0 atom stereocenters. The van der Waals surface area contributed by atoms with Crippen LogP contribution in [0, 0.1) is 19.3 Å². The third-order valence-electron chi connectivity index (χ3n) is 6.43. The maximum absolute atomic E-state index is 13.1. The Morgan fingerprint density at radius 1 is 1.06 bits per heavy atom. The first-order chi connectivity index (χ1) is 16.1. The third-order valence-corrected chi connectivity index (χ3v) is 6.43. The number of hydrogen-bond donors (Lipinski definition) is 0. The number of halogens is 3. The number of nitrogens with zero attached hydrogens (tertiary/aromatic N) is 5. The number of ether oxygens (including phenoxy) is 1. The van der Waals surface area contributed by atoms with Crippen LogP contribution in [-0.4, -0.2) is 64.7 Å². The number of oxazole rings is 1. The summed E-state index contributed by atoms with van der Waals surface area (Å²) in [6.45, 7) is 5.07. The van der Waals surface area contributed by atoms with Gasteiger partial charge in [0.2, 0.25) is 5.65 Å². The minimum Gasteiger partial charge on any atom is -0.491 e. The maximum atomic E-state index is 13.1. The van der Waals surface area contributed by atoms with Gasteiger partial charge in [0.05, 0.1) is 5.69 Å². The number of carbonyl (C=O) groups is 1. The van der Waals surface area contributed by atoms with Crippen molar-refractivity contribution in [1.82, 2.24) is 19.9 Å². The molecule has 1 aliphatic heterocycles. The van der Waals surface area contributed by atoms with E-state index in [0.717, 1.165) is 5.69 Å². The summed E-state index contributed by atoms with van der Waals surface area (Å²) in [4.78, 5) is 29.7. The lowest BCUT2D eigenvalue weighted by Gasteiger charge is -2.33. The summed E-state index contributed by atoms with van der Waals surface area (Å²) in [6, 6.07) is 7.19. The molecular formula is C23H24F3N5O3. The Morgan fingerprint density at radius 3 is 2.44 bits per heavy atom. The predicted molar refractivity (Wildman–Crippen MR) is 117 cm³/mol. The van der Waals surface area contributed by atoms with Gasteiger partial charge in [0.25, 0.3) is 11.9 Å². The van der Waals surface area contributed by atoms with Crippen LogP contribution in [0.1, 0.15) is 34.7 Å². The first-order valence-electron chi connectivity index (χ1n) is 11.1. The Labute approximate surface area is 193 Å². The van der Waals surface area contributed by atoms with Crippen LogP contribution in [0.25, 0.3) is 11.2 Å². The van der Waals surface area contributed by atoms with Crippen molar-refractivity contribution in [3.05, 3.63) is 41.3 Å². The molecule has 5 rings (SSSR count). The van der Waals surface area contributed by atoms with Crippen LogP contribution in [0.15, 0.2) is 28.7 Å². The van der Waals surface area contributed by atoms with Gasteiger partial charge in [0.1, 0.15) is 23.5 Å². The van der Waals surface area contributed by atoms with Crippen LogP contribution < -0.4 is 9.64 Å². The lowest BCUT2D eigenvalue weighted by Crippen LogP contribution is -2.49. The molecule has 3 aromatic heterocycles. The molecule has 34 heavy (non-hydrogen) atoms. The van der Waals surface area contributed by atoms with Crippen LogP contribution >= 0.6 is 0 Å². The number of piperazine rings is 1. The zero-order valence-corrected chi connectivity index (χ0v) is 18.9. The molecule has 4 heterocycles. The number of rotatable bonds is 5. The maximum Gasteiger partial charge on any atom is 0.397 e. The quantitative estimate of drug-likeness (QED) is 0.553. The first-order valence-corrected chi connectivity index (χ1v) is 11.1. The molecule has 1 aliphatic carbocycles. The summed E-state index contributed by atoms with van der Waals surface area (Å²) in [5.74, 6) is 0.0230. The second-order valence-electron chi connectivity index (χ2n) is 8.90. The van der Waals surface area contributed by atoms with Gasteiger partial charge in [-0.3, -0.25) is 4.79 Å². The Morgan fingerprint density at radius 2 is 1.79 bits per heavy atom. The number of aryl methyl sites for hydroxylation is 2. The van der Waals surface area contributed by atoms with E-state index in [0.29, 0.717) is 49.1 Å². The fourth-order valence-electron chi connectivity index (χ4n) is 4.00. The normalized spacial score (nSPS) is 17.8. The molecule has 0 aromatic carbocycles. The second-order valence-corrected chi connectivity index (χ2v) is 8.90. The highest BCUT2D eigenvalue weighted by Gasteiger charge is 2.63. The third kappa shape index (κ3) is 4.14. The summed E-state index contributed by atoms with van der Waals surface area (Å²) in [6.07, 6.45) is -4.13. The smallest absolute Gasteiger partial charge is 0.397 e. The van der Waals surface area contributed by atoms with Crippen molar-refractivity contribution in [3.63, 3.8) is 0 Å². The van der Waals surface area contributed by atoms with Crippen molar-refractivity contribution in [2.75, 3.05) is 37.7 Å². The fourth-order valence-corrected chi connectivity index (χ4v) is 4.00. The lowest BCUT2D eigenvalue weighted by atomic mass is 10.1. The van der Waals surface area contributed by atoms with E-state index in [1.807, 2.05) is 24.0 Å². The summed E-state index contributed by atoms with van der Waals surface area (Å²) < 4.78 is 50.6. The molecule has 0 spiro atoms. The van der Waals surface area contributed by atoms with Gasteiger partial charge in [0, 0.05) is 31.9 Å². The largest absolute Gasteiger partial charge is 0.491 e. The summed E-state index contributed by atoms with van der Waals surface area (Å²) >= 11 is 0. The molecule has 0 unspecified atom stereocenters. The number of hydrogen-bond acceptors (Lipinski definition) is 7. The topological polar surface area (TPSA) is 84.6 Å². The Balaban J connectivity index is 1.20. The summed E-state index contributed by atoms with van der Waals surface area (Å²) in [7, 11) is 0. The molecule has 0 bridgehead atoms. The van der Waals surface area contributed by atoms with Gasteiger partial charge in [-0.25, -0.2) is 9.97 Å². The molecule has 3 aromatic rings. The van der Waals surface area contributed by atoms with E-state index in [4.69, 9.17) is 9.15 Å². The predicted octanol–water partition coefficient (Wildman–Crippen LogP) is 3.92. The molecule has 2 fully saturated rings. The van der Waals surface area contributed by atoms with Gasteiger partial charge < -0.3 is 19.0 Å². The van der Waals surface area contributed by atoms with Crippen LogP contribution in [0.5, 0.6) is 5.75 Å². The molecule has 0 radical (unpaired) electrons. The van der Waals surface area contributed by atoms with Crippen LogP contribution in [0.3, 0.4) is 0 Å². The number of pyridine rings is 2. The SMILES string of the molecule is Cc1ccc2oc(N3CCN(C(=O)c4ccc(OCC5(C(F)(F)F)CC5)c(C)n4)CC3)nc2n1. The lowest BCUT2D eigenvalue weighted by molar-refractivity contribution is -0.194. The molecular weight excluding hydrogens is 451 g/mol. The van der Waals surface area contributed by atoms with Gasteiger partial charge in [-0.1, -0.05) is 0 Å². The number of alkyl halides is 3. The monoisotopic (exact) mass is 475 g/mol. The van der Waals surface area contributed by atoms with Crippen molar-refractivity contribution in [3.8, 4) is 5.75 Å². The molecule has 2 aliphatic rings. The van der Waals surface area contributed by atoms with E-state index in [2.05, 4.69) is 15.0 Å². The molecule has 1 saturated carbocycles. The highest BCUT2D eigenvalue weighted by molar-refractivity contribution is 5.92. The molecule has 1 saturated heterocycles. The van der Waals surface area contributed by atoms with E-state index in [-0.39, 0.29) is 30.2 Å². The zero-order valence-electron chi connectivity index (χ0n) is 18.9. The first kappa shape index (κ1) is 22.4. The number of fused-ring (bicyclic) bond motifs is 1. The Hall–Kier alpha value is -3.37. The summed E-state index contributed by atoms with van der Waals surface area (Å²) in [5.41, 5.74) is 0.891. The van der Waals surface area contributed by atoms with E-state index in [9.17, 15) is 18.0 Å². The van der Waals surface area contributed by atoms with E-state index < -0.39 is 18.2 Å². The van der Waals surface area contributed by atoms with E-state index in [1.54, 1.807) is 11.8 Å². The van der Waals surface area contributed by atoms with E-state index >= 15 is 0 Å². The highest BCUT2D eigenvalue weighted by Crippen LogP contribution is 2.57. The second kappa shape index (κ2) is 8.14.